The summed E-state index contributed by atoms with van der Waals surface area (Å²) in [6.45, 7) is 4.75. The third-order valence-electron chi connectivity index (χ3n) is 3.52. The monoisotopic (exact) mass is 293 g/mol. The molecule has 1 aromatic rings. The minimum absolute atomic E-state index is 0.236. The summed E-state index contributed by atoms with van der Waals surface area (Å²) in [7, 11) is 0. The minimum atomic E-state index is -0.236. The second-order valence-corrected chi connectivity index (χ2v) is 6.67. The van der Waals surface area contributed by atoms with Gasteiger partial charge in [0, 0.05) is 17.0 Å². The topological polar surface area (TPSA) is 38.3 Å². The summed E-state index contributed by atoms with van der Waals surface area (Å²) in [4.78, 5) is 11.7. The highest BCUT2D eigenvalue weighted by atomic mass is 32.2. The summed E-state index contributed by atoms with van der Waals surface area (Å²) in [6, 6.07) is 8.12. The predicted octanol–water partition coefficient (Wildman–Crippen LogP) is 3.95. The van der Waals surface area contributed by atoms with Gasteiger partial charge in [-0.05, 0) is 49.3 Å². The van der Waals surface area contributed by atoms with Crippen LogP contribution < -0.4 is 5.32 Å². The van der Waals surface area contributed by atoms with Crippen molar-refractivity contribution in [2.24, 2.45) is 0 Å². The predicted molar refractivity (Wildman–Crippen MR) is 85.6 cm³/mol. The van der Waals surface area contributed by atoms with E-state index in [1.165, 1.54) is 18.6 Å². The summed E-state index contributed by atoms with van der Waals surface area (Å²) >= 11 is 2.03. The van der Waals surface area contributed by atoms with Crippen LogP contribution in [0.3, 0.4) is 0 Å². The van der Waals surface area contributed by atoms with Gasteiger partial charge in [0.2, 0.25) is 0 Å². The summed E-state index contributed by atoms with van der Waals surface area (Å²) < 4.78 is 5.12. The molecule has 2 rings (SSSR count). The maximum absolute atomic E-state index is 11.7. The van der Waals surface area contributed by atoms with Crippen LogP contribution in [0.5, 0.6) is 0 Å². The Hall–Kier alpha value is -1.16. The zero-order valence-electron chi connectivity index (χ0n) is 12.2. The van der Waals surface area contributed by atoms with Gasteiger partial charge in [0.25, 0.3) is 0 Å². The Bertz CT molecular complexity index is 433. The number of carbonyl (C=O) groups excluding carboxylic acids is 1. The van der Waals surface area contributed by atoms with Crippen LogP contribution in [-0.2, 0) is 4.74 Å². The van der Waals surface area contributed by atoms with E-state index in [0.717, 1.165) is 12.1 Å². The number of thioether (sulfide) groups is 1. The van der Waals surface area contributed by atoms with Crippen LogP contribution >= 0.6 is 11.8 Å². The molecule has 0 amide bonds. The Kier molecular flexibility index (Phi) is 5.77. The van der Waals surface area contributed by atoms with Gasteiger partial charge in [0.05, 0.1) is 12.2 Å². The van der Waals surface area contributed by atoms with Crippen LogP contribution in [0.4, 0.5) is 5.69 Å². The molecule has 0 spiro atoms. The van der Waals surface area contributed by atoms with Gasteiger partial charge in [-0.2, -0.15) is 11.8 Å². The van der Waals surface area contributed by atoms with Crippen LogP contribution in [-0.4, -0.2) is 29.6 Å². The van der Waals surface area contributed by atoms with Crippen molar-refractivity contribution >= 4 is 23.4 Å². The van der Waals surface area contributed by atoms with E-state index in [4.69, 9.17) is 4.74 Å². The van der Waals surface area contributed by atoms with Crippen LogP contribution in [0.15, 0.2) is 24.3 Å². The molecule has 0 aliphatic carbocycles. The lowest BCUT2D eigenvalue weighted by atomic mass is 10.1. The number of rotatable bonds is 5. The molecular formula is C16H23NO2S. The van der Waals surface area contributed by atoms with Crippen molar-refractivity contribution in [2.75, 3.05) is 17.7 Å². The largest absolute Gasteiger partial charge is 0.462 e. The fourth-order valence-electron chi connectivity index (χ4n) is 2.31. The zero-order chi connectivity index (χ0) is 14.4. The molecule has 1 aliphatic rings. The van der Waals surface area contributed by atoms with Crippen LogP contribution in [0.2, 0.25) is 0 Å². The molecule has 3 nitrogen and oxygen atoms in total. The van der Waals surface area contributed by atoms with E-state index < -0.39 is 0 Å². The van der Waals surface area contributed by atoms with Crippen molar-refractivity contribution in [3.63, 3.8) is 0 Å². The first-order chi connectivity index (χ1) is 9.70. The number of hydrogen-bond acceptors (Lipinski definition) is 4. The van der Waals surface area contributed by atoms with Gasteiger partial charge in [0.15, 0.2) is 0 Å². The highest BCUT2D eigenvalue weighted by Crippen LogP contribution is 2.27. The Morgan fingerprint density at radius 2 is 2.15 bits per heavy atom. The first-order valence-corrected chi connectivity index (χ1v) is 8.41. The Balaban J connectivity index is 1.92. The normalized spacial score (nSPS) is 22.3. The van der Waals surface area contributed by atoms with Crippen LogP contribution in [0, 0.1) is 0 Å². The lowest BCUT2D eigenvalue weighted by Gasteiger charge is -2.30. The van der Waals surface area contributed by atoms with Gasteiger partial charge in [-0.25, -0.2) is 4.79 Å². The summed E-state index contributed by atoms with van der Waals surface area (Å²) in [6.07, 6.45) is 3.34. The third kappa shape index (κ3) is 4.17. The number of benzene rings is 1. The molecule has 0 saturated carbocycles. The molecule has 0 bridgehead atoms. The Labute approximate surface area is 125 Å². The van der Waals surface area contributed by atoms with Gasteiger partial charge in [-0.3, -0.25) is 0 Å². The number of hydrogen-bond donors (Lipinski definition) is 1. The van der Waals surface area contributed by atoms with E-state index in [1.54, 1.807) is 0 Å². The molecule has 4 heteroatoms. The summed E-state index contributed by atoms with van der Waals surface area (Å²) in [5.74, 6) is 1.03. The molecule has 0 aromatic heterocycles. The summed E-state index contributed by atoms with van der Waals surface area (Å²) in [5, 5.41) is 4.20. The lowest BCUT2D eigenvalue weighted by molar-refractivity contribution is 0.0505. The van der Waals surface area contributed by atoms with Crippen molar-refractivity contribution < 1.29 is 9.53 Å². The molecule has 1 heterocycles. The summed E-state index contributed by atoms with van der Waals surface area (Å²) in [5.41, 5.74) is 1.70. The molecule has 2 unspecified atom stereocenters. The average molecular weight is 293 g/mol. The molecule has 1 aliphatic heterocycles. The third-order valence-corrected chi connectivity index (χ3v) is 4.90. The highest BCUT2D eigenvalue weighted by Gasteiger charge is 2.21. The van der Waals surface area contributed by atoms with Gasteiger partial charge in [-0.15, -0.1) is 0 Å². The second kappa shape index (κ2) is 7.58. The highest BCUT2D eigenvalue weighted by molar-refractivity contribution is 8.00. The maximum atomic E-state index is 11.7. The number of esters is 1. The van der Waals surface area contributed by atoms with Crippen molar-refractivity contribution in [1.82, 2.24) is 0 Å². The van der Waals surface area contributed by atoms with Crippen molar-refractivity contribution in [3.8, 4) is 0 Å². The minimum Gasteiger partial charge on any atom is -0.462 e. The van der Waals surface area contributed by atoms with Crippen molar-refractivity contribution in [3.05, 3.63) is 29.8 Å². The van der Waals surface area contributed by atoms with Gasteiger partial charge < -0.3 is 10.1 Å². The second-order valence-electron chi connectivity index (χ2n) is 5.18. The molecule has 1 fully saturated rings. The van der Waals surface area contributed by atoms with E-state index >= 15 is 0 Å². The smallest absolute Gasteiger partial charge is 0.338 e. The van der Waals surface area contributed by atoms with E-state index in [2.05, 4.69) is 12.2 Å². The quantitative estimate of drug-likeness (QED) is 0.834. The van der Waals surface area contributed by atoms with Crippen molar-refractivity contribution in [1.29, 1.82) is 0 Å². The van der Waals surface area contributed by atoms with E-state index in [-0.39, 0.29) is 5.97 Å². The first-order valence-electron chi connectivity index (χ1n) is 7.36. The average Bonchev–Trinajstić information content (AvgIpc) is 2.48. The molecule has 1 N–H and O–H groups in total. The standard InChI is InChI=1S/C16H23NO2S/c1-3-10-19-16(18)13-6-8-14(9-7-13)17-15-5-4-11-20-12(15)2/h6-9,12,15,17H,3-5,10-11H2,1-2H3. The van der Waals surface area contributed by atoms with Crippen molar-refractivity contribution in [2.45, 2.75) is 44.4 Å². The van der Waals surface area contributed by atoms with E-state index in [0.29, 0.717) is 23.5 Å². The number of ether oxygens (including phenoxy) is 1. The molecule has 2 atom stereocenters. The fourth-order valence-corrected chi connectivity index (χ4v) is 3.45. The lowest BCUT2D eigenvalue weighted by Crippen LogP contribution is -2.32. The van der Waals surface area contributed by atoms with Crippen LogP contribution in [0.25, 0.3) is 0 Å². The fraction of sp³-hybridized carbons (Fsp3) is 0.562. The Morgan fingerprint density at radius 1 is 1.40 bits per heavy atom. The first kappa shape index (κ1) is 15.2. The Morgan fingerprint density at radius 3 is 2.80 bits per heavy atom. The zero-order valence-corrected chi connectivity index (χ0v) is 13.0. The maximum Gasteiger partial charge on any atom is 0.338 e. The molecule has 0 radical (unpaired) electrons. The van der Waals surface area contributed by atoms with Gasteiger partial charge in [-0.1, -0.05) is 13.8 Å². The van der Waals surface area contributed by atoms with Gasteiger partial charge in [0.1, 0.15) is 0 Å². The molecule has 1 saturated heterocycles. The van der Waals surface area contributed by atoms with Crippen LogP contribution in [0.1, 0.15) is 43.5 Å². The van der Waals surface area contributed by atoms with E-state index in [1.807, 2.05) is 43.0 Å². The SMILES string of the molecule is CCCOC(=O)c1ccc(NC2CCCSC2C)cc1. The number of anilines is 1. The molecule has 110 valence electrons. The molecular weight excluding hydrogens is 270 g/mol. The van der Waals surface area contributed by atoms with Gasteiger partial charge >= 0.3 is 5.97 Å². The number of nitrogens with one attached hydrogen (secondary N) is 1. The van der Waals surface area contributed by atoms with E-state index in [9.17, 15) is 4.79 Å². The number of carbonyl (C=O) groups is 1. The molecule has 1 aromatic carbocycles. The molecule has 20 heavy (non-hydrogen) atoms.